The summed E-state index contributed by atoms with van der Waals surface area (Å²) in [4.78, 5) is 24.6. The minimum atomic E-state index is -0.366. The van der Waals surface area contributed by atoms with Gasteiger partial charge < -0.3 is 10.1 Å². The molecule has 0 radical (unpaired) electrons. The Bertz CT molecular complexity index is 1020. The minimum Gasteiger partial charge on any atom is -0.485 e. The van der Waals surface area contributed by atoms with Crippen LogP contribution in [0.3, 0.4) is 0 Å². The van der Waals surface area contributed by atoms with Gasteiger partial charge in [0, 0.05) is 22.3 Å². The lowest BCUT2D eigenvalue weighted by Crippen LogP contribution is -2.13. The summed E-state index contributed by atoms with van der Waals surface area (Å²) in [6.45, 7) is 1.87. The Hall–Kier alpha value is -2.82. The first kappa shape index (κ1) is 19.9. The molecule has 0 aliphatic heterocycles. The summed E-state index contributed by atoms with van der Waals surface area (Å²) in [6, 6.07) is 18.8. The monoisotopic (exact) mass is 413 g/mol. The number of halogens is 2. The van der Waals surface area contributed by atoms with Gasteiger partial charge in [-0.25, -0.2) is 0 Å². The molecule has 0 bridgehead atoms. The molecule has 0 saturated carbocycles. The van der Waals surface area contributed by atoms with Gasteiger partial charge in [0.1, 0.15) is 5.75 Å². The summed E-state index contributed by atoms with van der Waals surface area (Å²) in [6.07, 6.45) is 0. The number of amides is 1. The molecule has 0 aliphatic rings. The van der Waals surface area contributed by atoms with Crippen molar-refractivity contribution in [2.75, 3.05) is 11.9 Å². The van der Waals surface area contributed by atoms with E-state index in [9.17, 15) is 9.59 Å². The van der Waals surface area contributed by atoms with Crippen LogP contribution in [0.5, 0.6) is 5.75 Å². The number of anilines is 1. The zero-order valence-corrected chi connectivity index (χ0v) is 16.6. The van der Waals surface area contributed by atoms with E-state index in [1.54, 1.807) is 48.5 Å². The van der Waals surface area contributed by atoms with Crippen molar-refractivity contribution in [1.82, 2.24) is 0 Å². The zero-order chi connectivity index (χ0) is 20.1. The number of carbonyl (C=O) groups excluding carboxylic acids is 2. The first-order chi connectivity index (χ1) is 13.4. The summed E-state index contributed by atoms with van der Waals surface area (Å²) < 4.78 is 5.58. The molecule has 0 heterocycles. The highest BCUT2D eigenvalue weighted by molar-refractivity contribution is 6.37. The van der Waals surface area contributed by atoms with Crippen LogP contribution >= 0.6 is 23.2 Å². The van der Waals surface area contributed by atoms with E-state index < -0.39 is 0 Å². The molecular weight excluding hydrogens is 397 g/mol. The van der Waals surface area contributed by atoms with Crippen molar-refractivity contribution in [2.24, 2.45) is 0 Å². The number of nitrogens with one attached hydrogen (secondary N) is 1. The van der Waals surface area contributed by atoms with Crippen LogP contribution in [0.25, 0.3) is 0 Å². The third kappa shape index (κ3) is 5.12. The molecule has 0 unspecified atom stereocenters. The summed E-state index contributed by atoms with van der Waals surface area (Å²) in [7, 11) is 0. The summed E-state index contributed by atoms with van der Waals surface area (Å²) in [5.41, 5.74) is 2.51. The Balaban J connectivity index is 1.64. The zero-order valence-electron chi connectivity index (χ0n) is 15.0. The highest BCUT2D eigenvalue weighted by Gasteiger charge is 2.12. The first-order valence-corrected chi connectivity index (χ1v) is 9.27. The van der Waals surface area contributed by atoms with Crippen molar-refractivity contribution in [2.45, 2.75) is 6.92 Å². The lowest BCUT2D eigenvalue weighted by atomic mass is 10.1. The predicted molar refractivity (Wildman–Crippen MR) is 112 cm³/mol. The number of Topliss-reactive ketones (excluding diaryl/α,β-unsaturated/α-hetero) is 1. The van der Waals surface area contributed by atoms with Crippen molar-refractivity contribution in [3.8, 4) is 5.75 Å². The Morgan fingerprint density at radius 2 is 1.71 bits per heavy atom. The van der Waals surface area contributed by atoms with Gasteiger partial charge in [-0.05, 0) is 37.3 Å². The van der Waals surface area contributed by atoms with Gasteiger partial charge in [-0.1, -0.05) is 59.1 Å². The van der Waals surface area contributed by atoms with E-state index in [-0.39, 0.29) is 23.3 Å². The summed E-state index contributed by atoms with van der Waals surface area (Å²) in [5.74, 6) is -0.0163. The average molecular weight is 414 g/mol. The molecule has 4 nitrogen and oxygen atoms in total. The standard InChI is InChI=1S/C22H17Cl2NO3/c1-14-5-7-15(8-6-14)21(26)13-28-18-4-2-3-17(12-18)25-22(27)19-10-9-16(23)11-20(19)24/h2-12H,13H2,1H3,(H,25,27). The molecule has 3 aromatic rings. The van der Waals surface area contributed by atoms with Gasteiger partial charge in [0.15, 0.2) is 12.4 Å². The molecular formula is C22H17Cl2NO3. The first-order valence-electron chi connectivity index (χ1n) is 8.51. The van der Waals surface area contributed by atoms with Crippen LogP contribution in [-0.2, 0) is 0 Å². The van der Waals surface area contributed by atoms with Crippen LogP contribution in [0.2, 0.25) is 10.0 Å². The number of aryl methyl sites for hydroxylation is 1. The van der Waals surface area contributed by atoms with Crippen LogP contribution in [0.4, 0.5) is 5.69 Å². The van der Waals surface area contributed by atoms with E-state index >= 15 is 0 Å². The predicted octanol–water partition coefficient (Wildman–Crippen LogP) is 5.82. The van der Waals surface area contributed by atoms with E-state index in [1.165, 1.54) is 6.07 Å². The Morgan fingerprint density at radius 3 is 2.43 bits per heavy atom. The third-order valence-corrected chi connectivity index (χ3v) is 4.56. The van der Waals surface area contributed by atoms with Gasteiger partial charge in [0.2, 0.25) is 0 Å². The second kappa shape index (κ2) is 8.91. The molecule has 142 valence electrons. The van der Waals surface area contributed by atoms with Gasteiger partial charge in [-0.2, -0.15) is 0 Å². The quantitative estimate of drug-likeness (QED) is 0.518. The molecule has 0 aromatic heterocycles. The molecule has 3 aromatic carbocycles. The molecule has 0 aliphatic carbocycles. The number of rotatable bonds is 6. The molecule has 6 heteroatoms. The lowest BCUT2D eigenvalue weighted by molar-refractivity contribution is 0.0920. The molecule has 0 saturated heterocycles. The topological polar surface area (TPSA) is 55.4 Å². The van der Waals surface area contributed by atoms with Gasteiger partial charge in [0.25, 0.3) is 5.91 Å². The smallest absolute Gasteiger partial charge is 0.257 e. The second-order valence-corrected chi connectivity index (χ2v) is 7.03. The fourth-order valence-electron chi connectivity index (χ4n) is 2.51. The molecule has 0 atom stereocenters. The maximum atomic E-state index is 12.4. The molecule has 28 heavy (non-hydrogen) atoms. The third-order valence-electron chi connectivity index (χ3n) is 4.01. The Kier molecular flexibility index (Phi) is 6.34. The van der Waals surface area contributed by atoms with E-state index in [0.29, 0.717) is 27.6 Å². The van der Waals surface area contributed by atoms with E-state index in [1.807, 2.05) is 19.1 Å². The van der Waals surface area contributed by atoms with Crippen molar-refractivity contribution >= 4 is 40.6 Å². The van der Waals surface area contributed by atoms with Crippen LogP contribution < -0.4 is 10.1 Å². The summed E-state index contributed by atoms with van der Waals surface area (Å²) >= 11 is 11.9. The van der Waals surface area contributed by atoms with Gasteiger partial charge in [-0.3, -0.25) is 9.59 Å². The van der Waals surface area contributed by atoms with Gasteiger partial charge in [-0.15, -0.1) is 0 Å². The molecule has 1 amide bonds. The maximum absolute atomic E-state index is 12.4. The van der Waals surface area contributed by atoms with Crippen LogP contribution in [0.15, 0.2) is 66.7 Å². The number of hydrogen-bond donors (Lipinski definition) is 1. The van der Waals surface area contributed by atoms with Crippen LogP contribution in [0.1, 0.15) is 26.3 Å². The lowest BCUT2D eigenvalue weighted by Gasteiger charge is -2.10. The van der Waals surface area contributed by atoms with Crippen molar-refractivity contribution in [3.63, 3.8) is 0 Å². The fraction of sp³-hybridized carbons (Fsp3) is 0.0909. The highest BCUT2D eigenvalue weighted by atomic mass is 35.5. The number of carbonyl (C=O) groups is 2. The number of benzene rings is 3. The summed E-state index contributed by atoms with van der Waals surface area (Å²) in [5, 5.41) is 3.47. The number of ether oxygens (including phenoxy) is 1. The van der Waals surface area contributed by atoms with Crippen LogP contribution in [0, 0.1) is 6.92 Å². The van der Waals surface area contributed by atoms with E-state index in [0.717, 1.165) is 5.56 Å². The van der Waals surface area contributed by atoms with E-state index in [4.69, 9.17) is 27.9 Å². The van der Waals surface area contributed by atoms with Crippen LogP contribution in [-0.4, -0.2) is 18.3 Å². The fourth-order valence-corrected chi connectivity index (χ4v) is 3.00. The van der Waals surface area contributed by atoms with Crippen molar-refractivity contribution in [1.29, 1.82) is 0 Å². The molecule has 0 fully saturated rings. The van der Waals surface area contributed by atoms with Crippen molar-refractivity contribution < 1.29 is 14.3 Å². The van der Waals surface area contributed by atoms with Crippen molar-refractivity contribution in [3.05, 3.63) is 93.5 Å². The SMILES string of the molecule is Cc1ccc(C(=O)COc2cccc(NC(=O)c3ccc(Cl)cc3Cl)c2)cc1. The Morgan fingerprint density at radius 1 is 0.964 bits per heavy atom. The largest absolute Gasteiger partial charge is 0.485 e. The number of ketones is 1. The molecule has 1 N–H and O–H groups in total. The second-order valence-electron chi connectivity index (χ2n) is 6.18. The normalized spacial score (nSPS) is 10.4. The van der Waals surface area contributed by atoms with Gasteiger partial charge >= 0.3 is 0 Å². The highest BCUT2D eigenvalue weighted by Crippen LogP contribution is 2.23. The Labute approximate surface area is 173 Å². The maximum Gasteiger partial charge on any atom is 0.257 e. The molecule has 3 rings (SSSR count). The van der Waals surface area contributed by atoms with Gasteiger partial charge in [0.05, 0.1) is 10.6 Å². The molecule has 0 spiro atoms. The van der Waals surface area contributed by atoms with E-state index in [2.05, 4.69) is 5.32 Å². The number of hydrogen-bond acceptors (Lipinski definition) is 3. The minimum absolute atomic E-state index is 0.0938. The average Bonchev–Trinajstić information content (AvgIpc) is 2.67.